The highest BCUT2D eigenvalue weighted by atomic mass is 19.2. The van der Waals surface area contributed by atoms with Crippen LogP contribution in [0, 0.1) is 78.1 Å². The molecule has 3 rings (SSSR count). The van der Waals surface area contributed by atoms with E-state index in [0.717, 1.165) is 6.07 Å². The van der Waals surface area contributed by atoms with Crippen molar-refractivity contribution < 1.29 is 43.9 Å². The van der Waals surface area contributed by atoms with E-state index in [9.17, 15) is 43.9 Å². The van der Waals surface area contributed by atoms with Crippen molar-refractivity contribution in [2.24, 2.45) is 0 Å². The smallest absolute Gasteiger partial charge is 0.200 e. The van der Waals surface area contributed by atoms with Crippen LogP contribution in [0.4, 0.5) is 43.9 Å². The minimum atomic E-state index is -2.43. The summed E-state index contributed by atoms with van der Waals surface area (Å²) >= 11 is 0. The minimum absolute atomic E-state index is 0.136. The topological polar surface area (TPSA) is 0 Å². The van der Waals surface area contributed by atoms with Gasteiger partial charge >= 0.3 is 0 Å². The quantitative estimate of drug-likeness (QED) is 0.234. The molecule has 0 saturated heterocycles. The van der Waals surface area contributed by atoms with Crippen molar-refractivity contribution in [1.82, 2.24) is 0 Å². The van der Waals surface area contributed by atoms with Gasteiger partial charge in [-0.2, -0.15) is 0 Å². The SMILES string of the molecule is Cc1cc(C)c(-c2c(F)c(F)c(F)c(F)c2F)[c]c1-c1c(F)c(F)c(F)c(F)c1F. The molecule has 0 atom stereocenters. The molecule has 0 aliphatic heterocycles. The van der Waals surface area contributed by atoms with Crippen molar-refractivity contribution in [3.63, 3.8) is 0 Å². The highest BCUT2D eigenvalue weighted by molar-refractivity contribution is 5.78. The molecule has 0 unspecified atom stereocenters. The number of hydrogen-bond acceptors (Lipinski definition) is 0. The Hall–Kier alpha value is -3.04. The van der Waals surface area contributed by atoms with E-state index < -0.39 is 80.4 Å². The van der Waals surface area contributed by atoms with E-state index in [-0.39, 0.29) is 11.1 Å². The largest absolute Gasteiger partial charge is 0.203 e. The van der Waals surface area contributed by atoms with Gasteiger partial charge in [0, 0.05) is 0 Å². The average Bonchev–Trinajstić information content (AvgIpc) is 2.70. The molecule has 0 aliphatic carbocycles. The molecular weight excluding hydrogens is 430 g/mol. The van der Waals surface area contributed by atoms with E-state index in [1.807, 2.05) is 0 Å². The lowest BCUT2D eigenvalue weighted by Crippen LogP contribution is -2.07. The predicted octanol–water partition coefficient (Wildman–Crippen LogP) is 6.83. The van der Waals surface area contributed by atoms with Gasteiger partial charge in [0.05, 0.1) is 11.1 Å². The Morgan fingerprint density at radius 2 is 0.667 bits per heavy atom. The van der Waals surface area contributed by atoms with Crippen LogP contribution >= 0.6 is 0 Å². The molecule has 1 radical (unpaired) electrons. The average molecular weight is 437 g/mol. The van der Waals surface area contributed by atoms with Gasteiger partial charge in [0.1, 0.15) is 0 Å². The minimum Gasteiger partial charge on any atom is -0.203 e. The lowest BCUT2D eigenvalue weighted by Gasteiger charge is -2.16. The molecular formula is C20H7F10. The zero-order valence-electron chi connectivity index (χ0n) is 14.9. The molecule has 3 aromatic carbocycles. The number of benzene rings is 3. The van der Waals surface area contributed by atoms with Crippen molar-refractivity contribution in [2.75, 3.05) is 0 Å². The standard InChI is InChI=1S/C20H7F10/c1-5-3-6(2)8(10-13(23)17(27)20(30)18(28)14(10)24)4-7(5)9-11(21)15(25)19(29)16(26)12(9)22/h3H,1-2H3. The van der Waals surface area contributed by atoms with Gasteiger partial charge in [-0.05, 0) is 42.2 Å². The molecule has 0 saturated carbocycles. The van der Waals surface area contributed by atoms with Crippen LogP contribution in [0.2, 0.25) is 0 Å². The fourth-order valence-electron chi connectivity index (χ4n) is 2.96. The summed E-state index contributed by atoms with van der Waals surface area (Å²) in [6.45, 7) is 2.33. The maximum absolute atomic E-state index is 14.2. The zero-order chi connectivity index (χ0) is 22.7. The third-order valence-electron chi connectivity index (χ3n) is 4.39. The summed E-state index contributed by atoms with van der Waals surface area (Å²) in [5.74, 6) is -23.0. The highest BCUT2D eigenvalue weighted by Gasteiger charge is 2.31. The van der Waals surface area contributed by atoms with Crippen molar-refractivity contribution >= 4 is 0 Å². The Morgan fingerprint density at radius 3 is 0.933 bits per heavy atom. The van der Waals surface area contributed by atoms with Crippen LogP contribution in [0.1, 0.15) is 11.1 Å². The third kappa shape index (κ3) is 3.01. The predicted molar refractivity (Wildman–Crippen MR) is 85.2 cm³/mol. The normalized spacial score (nSPS) is 11.3. The first-order valence-electron chi connectivity index (χ1n) is 7.97. The Kier molecular flexibility index (Phi) is 5.30. The number of rotatable bonds is 2. The summed E-state index contributed by atoms with van der Waals surface area (Å²) in [5, 5.41) is 0. The summed E-state index contributed by atoms with van der Waals surface area (Å²) in [6.07, 6.45) is 0. The number of halogens is 10. The van der Waals surface area contributed by atoms with E-state index in [2.05, 4.69) is 6.07 Å². The number of aryl methyl sites for hydroxylation is 2. The molecule has 0 spiro atoms. The summed E-state index contributed by atoms with van der Waals surface area (Å²) in [7, 11) is 0. The van der Waals surface area contributed by atoms with Crippen molar-refractivity contribution in [3.8, 4) is 22.3 Å². The van der Waals surface area contributed by atoms with E-state index >= 15 is 0 Å². The second kappa shape index (κ2) is 7.33. The molecule has 30 heavy (non-hydrogen) atoms. The van der Waals surface area contributed by atoms with Crippen molar-refractivity contribution in [1.29, 1.82) is 0 Å². The molecule has 3 aromatic rings. The summed E-state index contributed by atoms with van der Waals surface area (Å²) < 4.78 is 138. The Bertz CT molecular complexity index is 1060. The molecule has 0 amide bonds. The van der Waals surface area contributed by atoms with Gasteiger partial charge in [0.25, 0.3) is 0 Å². The summed E-state index contributed by atoms with van der Waals surface area (Å²) in [5.41, 5.74) is -4.82. The molecule has 0 aliphatic rings. The first-order chi connectivity index (χ1) is 13.9. The molecule has 0 aromatic heterocycles. The lowest BCUT2D eigenvalue weighted by molar-refractivity contribution is 0.381. The van der Waals surface area contributed by atoms with Gasteiger partial charge in [-0.3, -0.25) is 0 Å². The van der Waals surface area contributed by atoms with Crippen LogP contribution in [0.5, 0.6) is 0 Å². The van der Waals surface area contributed by atoms with E-state index in [1.54, 1.807) is 0 Å². The van der Waals surface area contributed by atoms with Gasteiger partial charge < -0.3 is 0 Å². The molecule has 10 heteroatoms. The first-order valence-corrected chi connectivity index (χ1v) is 7.97. The van der Waals surface area contributed by atoms with Crippen LogP contribution in [-0.4, -0.2) is 0 Å². The van der Waals surface area contributed by atoms with Crippen LogP contribution in [-0.2, 0) is 0 Å². The Balaban J connectivity index is 2.44. The Morgan fingerprint density at radius 1 is 0.433 bits per heavy atom. The molecule has 0 nitrogen and oxygen atoms in total. The van der Waals surface area contributed by atoms with Crippen LogP contribution in [0.3, 0.4) is 0 Å². The van der Waals surface area contributed by atoms with Crippen molar-refractivity contribution in [3.05, 3.63) is 81.4 Å². The molecule has 157 valence electrons. The molecule has 0 fully saturated rings. The van der Waals surface area contributed by atoms with E-state index in [4.69, 9.17) is 0 Å². The summed E-state index contributed by atoms with van der Waals surface area (Å²) in [6, 6.07) is 3.06. The maximum Gasteiger partial charge on any atom is 0.200 e. The van der Waals surface area contributed by atoms with Gasteiger partial charge in [0.15, 0.2) is 46.5 Å². The van der Waals surface area contributed by atoms with E-state index in [1.165, 1.54) is 13.8 Å². The fourth-order valence-corrected chi connectivity index (χ4v) is 2.96. The van der Waals surface area contributed by atoms with Crippen LogP contribution < -0.4 is 0 Å². The van der Waals surface area contributed by atoms with Gasteiger partial charge in [-0.15, -0.1) is 0 Å². The summed E-state index contributed by atoms with van der Waals surface area (Å²) in [4.78, 5) is 0. The monoisotopic (exact) mass is 437 g/mol. The number of hydrogen-bond donors (Lipinski definition) is 0. The zero-order valence-corrected chi connectivity index (χ0v) is 14.9. The van der Waals surface area contributed by atoms with Crippen molar-refractivity contribution in [2.45, 2.75) is 13.8 Å². The Labute approximate surface area is 162 Å². The van der Waals surface area contributed by atoms with Gasteiger partial charge in [-0.25, -0.2) is 43.9 Å². The fraction of sp³-hybridized carbons (Fsp3) is 0.100. The third-order valence-corrected chi connectivity index (χ3v) is 4.39. The first kappa shape index (κ1) is 21.7. The lowest BCUT2D eigenvalue weighted by atomic mass is 9.90. The maximum atomic E-state index is 14.2. The van der Waals surface area contributed by atoms with Gasteiger partial charge in [-0.1, -0.05) is 6.07 Å². The van der Waals surface area contributed by atoms with E-state index in [0.29, 0.717) is 0 Å². The molecule has 0 bridgehead atoms. The second-order valence-electron chi connectivity index (χ2n) is 6.28. The highest BCUT2D eigenvalue weighted by Crippen LogP contribution is 2.39. The van der Waals surface area contributed by atoms with Crippen LogP contribution in [0.15, 0.2) is 6.07 Å². The molecule has 0 N–H and O–H groups in total. The second-order valence-corrected chi connectivity index (χ2v) is 6.28. The van der Waals surface area contributed by atoms with Crippen LogP contribution in [0.25, 0.3) is 22.3 Å². The molecule has 0 heterocycles. The van der Waals surface area contributed by atoms with Gasteiger partial charge in [0.2, 0.25) is 11.6 Å².